The molecular formula is C16H17N3. The summed E-state index contributed by atoms with van der Waals surface area (Å²) in [6, 6.07) is 16.0. The summed E-state index contributed by atoms with van der Waals surface area (Å²) in [5.74, 6) is 0. The van der Waals surface area contributed by atoms with Gasteiger partial charge in [-0.1, -0.05) is 25.1 Å². The van der Waals surface area contributed by atoms with Crippen molar-refractivity contribution in [3.63, 3.8) is 0 Å². The molecule has 0 saturated heterocycles. The van der Waals surface area contributed by atoms with Crippen molar-refractivity contribution >= 4 is 17.1 Å². The minimum absolute atomic E-state index is 0.330. The first-order valence-electron chi connectivity index (χ1n) is 6.35. The molecule has 0 amide bonds. The minimum atomic E-state index is 0.330. The Kier molecular flexibility index (Phi) is 4.04. The number of rotatable bonds is 4. The topological polar surface area (TPSA) is 61.8 Å². The SMILES string of the molecule is CCc1ccccc1Nc1ccc(N)c(CC#N)c1. The van der Waals surface area contributed by atoms with Crippen molar-refractivity contribution in [3.05, 3.63) is 53.6 Å². The molecule has 0 fully saturated rings. The Morgan fingerprint density at radius 2 is 1.95 bits per heavy atom. The third-order valence-corrected chi connectivity index (χ3v) is 3.09. The average molecular weight is 251 g/mol. The molecule has 3 nitrogen and oxygen atoms in total. The summed E-state index contributed by atoms with van der Waals surface area (Å²) in [5.41, 5.74) is 10.7. The maximum Gasteiger partial charge on any atom is 0.0670 e. The van der Waals surface area contributed by atoms with Crippen LogP contribution in [0.15, 0.2) is 42.5 Å². The normalized spacial score (nSPS) is 9.89. The van der Waals surface area contributed by atoms with Gasteiger partial charge < -0.3 is 11.1 Å². The maximum absolute atomic E-state index is 8.78. The number of hydrogen-bond acceptors (Lipinski definition) is 3. The molecule has 0 atom stereocenters. The van der Waals surface area contributed by atoms with E-state index in [1.54, 1.807) is 0 Å². The van der Waals surface area contributed by atoms with Crippen LogP contribution in [0.2, 0.25) is 0 Å². The predicted molar refractivity (Wildman–Crippen MR) is 79.3 cm³/mol. The Morgan fingerprint density at radius 3 is 2.68 bits per heavy atom. The molecule has 2 aromatic carbocycles. The van der Waals surface area contributed by atoms with Crippen molar-refractivity contribution in [2.75, 3.05) is 11.1 Å². The zero-order valence-corrected chi connectivity index (χ0v) is 11.0. The van der Waals surface area contributed by atoms with Gasteiger partial charge in [-0.05, 0) is 41.8 Å². The summed E-state index contributed by atoms with van der Waals surface area (Å²) in [6.45, 7) is 2.13. The van der Waals surface area contributed by atoms with Gasteiger partial charge in [0.25, 0.3) is 0 Å². The van der Waals surface area contributed by atoms with Crippen molar-refractivity contribution in [3.8, 4) is 6.07 Å². The van der Waals surface area contributed by atoms with Gasteiger partial charge in [0, 0.05) is 17.1 Å². The molecule has 96 valence electrons. The second-order valence-corrected chi connectivity index (χ2v) is 4.38. The van der Waals surface area contributed by atoms with Crippen LogP contribution < -0.4 is 11.1 Å². The van der Waals surface area contributed by atoms with Gasteiger partial charge in [0.05, 0.1) is 12.5 Å². The Labute approximate surface area is 113 Å². The number of hydrogen-bond donors (Lipinski definition) is 2. The van der Waals surface area contributed by atoms with Crippen molar-refractivity contribution in [2.24, 2.45) is 0 Å². The van der Waals surface area contributed by atoms with E-state index in [4.69, 9.17) is 11.0 Å². The lowest BCUT2D eigenvalue weighted by Gasteiger charge is -2.12. The molecule has 3 N–H and O–H groups in total. The molecule has 0 aliphatic heterocycles. The number of nitrogen functional groups attached to an aromatic ring is 1. The molecule has 0 unspecified atom stereocenters. The van der Waals surface area contributed by atoms with E-state index in [9.17, 15) is 0 Å². The first-order chi connectivity index (χ1) is 9.24. The van der Waals surface area contributed by atoms with Gasteiger partial charge in [0.1, 0.15) is 0 Å². The van der Waals surface area contributed by atoms with Gasteiger partial charge in [0.15, 0.2) is 0 Å². The molecule has 0 aliphatic carbocycles. The number of nitriles is 1. The molecule has 19 heavy (non-hydrogen) atoms. The molecule has 0 saturated carbocycles. The zero-order valence-electron chi connectivity index (χ0n) is 11.0. The first kappa shape index (κ1) is 13.0. The fourth-order valence-corrected chi connectivity index (χ4v) is 2.03. The summed E-state index contributed by atoms with van der Waals surface area (Å²) >= 11 is 0. The van der Waals surface area contributed by atoms with Crippen LogP contribution >= 0.6 is 0 Å². The molecule has 0 aromatic heterocycles. The van der Waals surface area contributed by atoms with Crippen LogP contribution in [-0.4, -0.2) is 0 Å². The van der Waals surface area contributed by atoms with E-state index in [0.717, 1.165) is 23.4 Å². The van der Waals surface area contributed by atoms with Crippen LogP contribution in [0.3, 0.4) is 0 Å². The summed E-state index contributed by atoms with van der Waals surface area (Å²) in [5, 5.41) is 12.2. The summed E-state index contributed by atoms with van der Waals surface area (Å²) in [6.07, 6.45) is 1.31. The first-order valence-corrected chi connectivity index (χ1v) is 6.35. The van der Waals surface area contributed by atoms with Crippen molar-refractivity contribution in [1.29, 1.82) is 5.26 Å². The molecule has 0 bridgehead atoms. The Morgan fingerprint density at radius 1 is 1.16 bits per heavy atom. The quantitative estimate of drug-likeness (QED) is 0.815. The fourth-order valence-electron chi connectivity index (χ4n) is 2.03. The number of anilines is 3. The summed E-state index contributed by atoms with van der Waals surface area (Å²) in [7, 11) is 0. The van der Waals surface area contributed by atoms with Gasteiger partial charge >= 0.3 is 0 Å². The van der Waals surface area contributed by atoms with Crippen LogP contribution in [-0.2, 0) is 12.8 Å². The lowest BCUT2D eigenvalue weighted by atomic mass is 10.1. The molecular weight excluding hydrogens is 234 g/mol. The summed E-state index contributed by atoms with van der Waals surface area (Å²) in [4.78, 5) is 0. The second kappa shape index (κ2) is 5.92. The third-order valence-electron chi connectivity index (χ3n) is 3.09. The van der Waals surface area contributed by atoms with E-state index in [-0.39, 0.29) is 0 Å². The maximum atomic E-state index is 8.78. The monoisotopic (exact) mass is 251 g/mol. The number of benzene rings is 2. The number of nitrogens with one attached hydrogen (secondary N) is 1. The number of nitrogens with two attached hydrogens (primary N) is 1. The van der Waals surface area contributed by atoms with Crippen LogP contribution in [0.4, 0.5) is 17.1 Å². The number of nitrogens with zero attached hydrogens (tertiary/aromatic N) is 1. The van der Waals surface area contributed by atoms with Gasteiger partial charge in [-0.25, -0.2) is 0 Å². The van der Waals surface area contributed by atoms with E-state index in [1.165, 1.54) is 5.56 Å². The molecule has 0 radical (unpaired) electrons. The Hall–Kier alpha value is -2.47. The molecule has 2 aromatic rings. The smallest absolute Gasteiger partial charge is 0.0670 e. The molecule has 2 rings (SSSR count). The molecule has 0 spiro atoms. The minimum Gasteiger partial charge on any atom is -0.398 e. The molecule has 0 heterocycles. The van der Waals surface area contributed by atoms with Gasteiger partial charge in [-0.3, -0.25) is 0 Å². The van der Waals surface area contributed by atoms with E-state index in [1.807, 2.05) is 30.3 Å². The largest absolute Gasteiger partial charge is 0.398 e. The fraction of sp³-hybridized carbons (Fsp3) is 0.188. The molecule has 3 heteroatoms. The third kappa shape index (κ3) is 3.05. The lowest BCUT2D eigenvalue weighted by molar-refractivity contribution is 1.14. The lowest BCUT2D eigenvalue weighted by Crippen LogP contribution is -1.98. The summed E-state index contributed by atoms with van der Waals surface area (Å²) < 4.78 is 0. The zero-order chi connectivity index (χ0) is 13.7. The highest BCUT2D eigenvalue weighted by molar-refractivity contribution is 5.66. The van der Waals surface area contributed by atoms with Gasteiger partial charge in [-0.15, -0.1) is 0 Å². The van der Waals surface area contributed by atoms with Crippen LogP contribution in [0.5, 0.6) is 0 Å². The highest BCUT2D eigenvalue weighted by atomic mass is 14.9. The molecule has 0 aliphatic rings. The van der Waals surface area contributed by atoms with Gasteiger partial charge in [0.2, 0.25) is 0 Å². The van der Waals surface area contributed by atoms with Crippen LogP contribution in [0.1, 0.15) is 18.1 Å². The van der Waals surface area contributed by atoms with E-state index in [2.05, 4.69) is 30.4 Å². The second-order valence-electron chi connectivity index (χ2n) is 4.38. The Bertz CT molecular complexity index is 612. The van der Waals surface area contributed by atoms with Crippen molar-refractivity contribution in [1.82, 2.24) is 0 Å². The predicted octanol–water partition coefficient (Wildman–Crippen LogP) is 3.64. The van der Waals surface area contributed by atoms with E-state index in [0.29, 0.717) is 12.1 Å². The Balaban J connectivity index is 2.28. The van der Waals surface area contributed by atoms with E-state index < -0.39 is 0 Å². The highest BCUT2D eigenvalue weighted by Crippen LogP contribution is 2.24. The van der Waals surface area contributed by atoms with Crippen LogP contribution in [0, 0.1) is 11.3 Å². The van der Waals surface area contributed by atoms with Gasteiger partial charge in [-0.2, -0.15) is 5.26 Å². The highest BCUT2D eigenvalue weighted by Gasteiger charge is 2.03. The standard InChI is InChI=1S/C16H17N3/c1-2-12-5-3-4-6-16(12)19-14-7-8-15(18)13(11-14)9-10-17/h3-8,11,19H,2,9,18H2,1H3. The number of aryl methyl sites for hydroxylation is 1. The van der Waals surface area contributed by atoms with Crippen molar-refractivity contribution in [2.45, 2.75) is 19.8 Å². The van der Waals surface area contributed by atoms with Crippen molar-refractivity contribution < 1.29 is 0 Å². The number of para-hydroxylation sites is 1. The average Bonchev–Trinajstić information content (AvgIpc) is 2.43. The van der Waals surface area contributed by atoms with Crippen LogP contribution in [0.25, 0.3) is 0 Å². The van der Waals surface area contributed by atoms with E-state index >= 15 is 0 Å².